The van der Waals surface area contributed by atoms with Crippen molar-refractivity contribution in [2.45, 2.75) is 52.5 Å². The lowest BCUT2D eigenvalue weighted by molar-refractivity contribution is 0.569. The summed E-state index contributed by atoms with van der Waals surface area (Å²) in [6, 6.07) is 0. The molecule has 84 valence electrons. The Kier molecular flexibility index (Phi) is 2.54. The third kappa shape index (κ3) is 2.28. The number of nitrogens with one attached hydrogen (secondary N) is 1. The first-order valence-corrected chi connectivity index (χ1v) is 5.16. The molecule has 0 unspecified atom stereocenters. The molecule has 0 saturated heterocycles. The van der Waals surface area contributed by atoms with Crippen LogP contribution in [-0.4, -0.2) is 5.54 Å². The van der Waals surface area contributed by atoms with Gasteiger partial charge in [-0.3, -0.25) is 9.59 Å². The molecule has 0 radical (unpaired) electrons. The summed E-state index contributed by atoms with van der Waals surface area (Å²) in [4.78, 5) is 22.9. The highest BCUT2D eigenvalue weighted by Gasteiger charge is 2.31. The van der Waals surface area contributed by atoms with Gasteiger partial charge in [-0.25, -0.2) is 0 Å². The summed E-state index contributed by atoms with van der Waals surface area (Å²) < 4.78 is 0. The van der Waals surface area contributed by atoms with E-state index in [2.05, 4.69) is 5.32 Å². The summed E-state index contributed by atoms with van der Waals surface area (Å²) in [5.74, 6) is 0. The first kappa shape index (κ1) is 12.0. The topological polar surface area (TPSA) is 46.2 Å². The average molecular weight is 209 g/mol. The van der Waals surface area contributed by atoms with Gasteiger partial charge in [-0.15, -0.1) is 0 Å². The summed E-state index contributed by atoms with van der Waals surface area (Å²) >= 11 is 0. The molecule has 0 bridgehead atoms. The Morgan fingerprint density at radius 1 is 0.867 bits per heavy atom. The first-order valence-electron chi connectivity index (χ1n) is 5.16. The van der Waals surface area contributed by atoms with E-state index < -0.39 is 0 Å². The molecular weight excluding hydrogens is 190 g/mol. The van der Waals surface area contributed by atoms with Crippen LogP contribution in [0.25, 0.3) is 0 Å². The van der Waals surface area contributed by atoms with E-state index in [0.29, 0.717) is 11.3 Å². The summed E-state index contributed by atoms with van der Waals surface area (Å²) in [5, 5.41) is 3.10. The maximum absolute atomic E-state index is 11.5. The highest BCUT2D eigenvalue weighted by Crippen LogP contribution is 2.27. The lowest BCUT2D eigenvalue weighted by Gasteiger charge is -2.29. The van der Waals surface area contributed by atoms with Crippen LogP contribution in [0.5, 0.6) is 0 Å². The van der Waals surface area contributed by atoms with Crippen LogP contribution in [0.15, 0.2) is 9.59 Å². The molecule has 0 fully saturated rings. The first-order chi connectivity index (χ1) is 6.54. The van der Waals surface area contributed by atoms with Crippen molar-refractivity contribution in [1.29, 1.82) is 0 Å². The minimum absolute atomic E-state index is 0.192. The Morgan fingerprint density at radius 3 is 1.67 bits per heavy atom. The molecule has 1 aromatic carbocycles. The summed E-state index contributed by atoms with van der Waals surface area (Å²) in [5.41, 5.74) is -0.0487. The van der Waals surface area contributed by atoms with E-state index in [0.717, 1.165) is 0 Å². The van der Waals surface area contributed by atoms with Gasteiger partial charge < -0.3 is 5.32 Å². The molecule has 0 amide bonds. The van der Waals surface area contributed by atoms with E-state index in [1.54, 1.807) is 0 Å². The second-order valence-electron chi connectivity index (χ2n) is 6.03. The quantitative estimate of drug-likeness (QED) is 0.717. The zero-order chi connectivity index (χ0) is 12.0. The van der Waals surface area contributed by atoms with Gasteiger partial charge in [0, 0.05) is 11.1 Å². The molecule has 0 aliphatic carbocycles. The average Bonchev–Trinajstić information content (AvgIpc) is 1.98. The molecule has 0 aromatic heterocycles. The lowest BCUT2D eigenvalue weighted by Crippen LogP contribution is -2.46. The highest BCUT2D eigenvalue weighted by molar-refractivity contribution is 5.60. The molecule has 3 nitrogen and oxygen atoms in total. The van der Waals surface area contributed by atoms with Gasteiger partial charge in [0.2, 0.25) is 10.9 Å². The number of hydrogen-bond acceptors (Lipinski definition) is 3. The van der Waals surface area contributed by atoms with Gasteiger partial charge >= 0.3 is 0 Å². The standard InChI is InChI=1S/C12H19NO2/c1-11(2,3)7-8(10(15)9(7)14)13-12(4,5)6/h13H,1-6H3. The summed E-state index contributed by atoms with van der Waals surface area (Å²) in [6.45, 7) is 11.7. The smallest absolute Gasteiger partial charge is 0.249 e. The fraction of sp³-hybridized carbons (Fsp3) is 0.667. The van der Waals surface area contributed by atoms with Crippen LogP contribution in [0.3, 0.4) is 0 Å². The van der Waals surface area contributed by atoms with Gasteiger partial charge in [-0.1, -0.05) is 20.8 Å². The van der Waals surface area contributed by atoms with E-state index in [4.69, 9.17) is 0 Å². The normalized spacial score (nSPS) is 13.2. The molecular formula is C12H19NO2. The molecule has 0 aliphatic rings. The maximum atomic E-state index is 11.5. The van der Waals surface area contributed by atoms with Gasteiger partial charge in [0.05, 0.1) is 5.69 Å². The zero-order valence-corrected chi connectivity index (χ0v) is 10.3. The van der Waals surface area contributed by atoms with Crippen molar-refractivity contribution in [2.24, 2.45) is 0 Å². The van der Waals surface area contributed by atoms with Crippen LogP contribution >= 0.6 is 0 Å². The Morgan fingerprint density at radius 2 is 1.33 bits per heavy atom. The predicted molar refractivity (Wildman–Crippen MR) is 63.4 cm³/mol. The molecule has 1 rings (SSSR count). The Hall–Kier alpha value is -1.12. The minimum Gasteiger partial charge on any atom is -0.377 e. The second kappa shape index (κ2) is 3.19. The van der Waals surface area contributed by atoms with Crippen LogP contribution in [0.2, 0.25) is 0 Å². The van der Waals surface area contributed by atoms with Crippen molar-refractivity contribution in [3.63, 3.8) is 0 Å². The molecule has 0 heterocycles. The molecule has 1 N–H and O–H groups in total. The van der Waals surface area contributed by atoms with E-state index in [-0.39, 0.29) is 21.8 Å². The molecule has 0 spiro atoms. The van der Waals surface area contributed by atoms with Gasteiger partial charge in [-0.05, 0) is 26.2 Å². The maximum Gasteiger partial charge on any atom is 0.249 e. The number of anilines is 1. The third-order valence-electron chi connectivity index (χ3n) is 2.16. The van der Waals surface area contributed by atoms with E-state index >= 15 is 0 Å². The minimum atomic E-state index is -0.380. The van der Waals surface area contributed by atoms with Crippen LogP contribution < -0.4 is 16.2 Å². The number of rotatable bonds is 1. The fourth-order valence-electron chi connectivity index (χ4n) is 1.60. The van der Waals surface area contributed by atoms with Crippen LogP contribution in [0.1, 0.15) is 47.1 Å². The van der Waals surface area contributed by atoms with Crippen molar-refractivity contribution in [2.75, 3.05) is 5.32 Å². The van der Waals surface area contributed by atoms with Crippen LogP contribution in [-0.2, 0) is 5.41 Å². The van der Waals surface area contributed by atoms with Crippen molar-refractivity contribution >= 4 is 5.69 Å². The highest BCUT2D eigenvalue weighted by atomic mass is 16.2. The SMILES string of the molecule is CC(C)(C)Nc1c(C(C)(C)C)c(=O)c1=O. The fourth-order valence-corrected chi connectivity index (χ4v) is 1.60. The molecule has 1 aromatic rings. The van der Waals surface area contributed by atoms with Gasteiger partial charge in [0.1, 0.15) is 0 Å². The molecule has 0 aliphatic heterocycles. The number of hydrogen-bond donors (Lipinski definition) is 1. The van der Waals surface area contributed by atoms with Crippen molar-refractivity contribution < 1.29 is 0 Å². The summed E-state index contributed by atoms with van der Waals surface area (Å²) in [6.07, 6.45) is 0. The monoisotopic (exact) mass is 209 g/mol. The lowest BCUT2D eigenvalue weighted by atomic mass is 9.82. The van der Waals surface area contributed by atoms with Gasteiger partial charge in [-0.2, -0.15) is 0 Å². The molecule has 0 atom stereocenters. The van der Waals surface area contributed by atoms with Gasteiger partial charge in [0.15, 0.2) is 0 Å². The van der Waals surface area contributed by atoms with Crippen LogP contribution in [0.4, 0.5) is 5.69 Å². The predicted octanol–water partition coefficient (Wildman–Crippen LogP) is 1.79. The largest absolute Gasteiger partial charge is 0.377 e. The van der Waals surface area contributed by atoms with Crippen LogP contribution in [0, 0.1) is 0 Å². The van der Waals surface area contributed by atoms with Gasteiger partial charge in [0.25, 0.3) is 0 Å². The second-order valence-corrected chi connectivity index (χ2v) is 6.03. The third-order valence-corrected chi connectivity index (χ3v) is 2.16. The molecule has 3 heteroatoms. The summed E-state index contributed by atoms with van der Waals surface area (Å²) in [7, 11) is 0. The molecule has 0 saturated carbocycles. The Bertz CT molecular complexity index is 437. The van der Waals surface area contributed by atoms with Crippen molar-refractivity contribution in [3.05, 3.63) is 26.0 Å². The Balaban J connectivity index is 3.18. The van der Waals surface area contributed by atoms with E-state index in [1.807, 2.05) is 41.5 Å². The zero-order valence-electron chi connectivity index (χ0n) is 10.3. The Labute approximate surface area is 90.2 Å². The van der Waals surface area contributed by atoms with E-state index in [1.165, 1.54) is 0 Å². The van der Waals surface area contributed by atoms with Crippen molar-refractivity contribution in [1.82, 2.24) is 0 Å². The van der Waals surface area contributed by atoms with Crippen molar-refractivity contribution in [3.8, 4) is 0 Å². The van der Waals surface area contributed by atoms with E-state index in [9.17, 15) is 9.59 Å². The molecule has 15 heavy (non-hydrogen) atoms.